The minimum absolute atomic E-state index is 0.124. The predicted octanol–water partition coefficient (Wildman–Crippen LogP) is 1.98. The van der Waals surface area contributed by atoms with Gasteiger partial charge >= 0.3 is 5.97 Å². The predicted molar refractivity (Wildman–Crippen MR) is 75.9 cm³/mol. The van der Waals surface area contributed by atoms with Crippen LogP contribution >= 0.6 is 0 Å². The molecule has 5 nitrogen and oxygen atoms in total. The fraction of sp³-hybridized carbons (Fsp3) is 0.500. The molecule has 2 aliphatic rings. The lowest BCUT2D eigenvalue weighted by molar-refractivity contribution is -0.140. The van der Waals surface area contributed by atoms with Gasteiger partial charge in [0.15, 0.2) is 0 Å². The number of aliphatic carboxylic acids is 1. The first-order valence-corrected chi connectivity index (χ1v) is 7.40. The average Bonchev–Trinajstić information content (AvgIpc) is 2.87. The highest BCUT2D eigenvalue weighted by Gasteiger charge is 2.36. The van der Waals surface area contributed by atoms with E-state index in [4.69, 9.17) is 4.74 Å². The zero-order valence-electron chi connectivity index (χ0n) is 11.7. The van der Waals surface area contributed by atoms with Gasteiger partial charge in [-0.3, -0.25) is 9.59 Å². The molecule has 0 aromatic heterocycles. The Morgan fingerprint density at radius 1 is 1.19 bits per heavy atom. The van der Waals surface area contributed by atoms with Crippen LogP contribution in [0.1, 0.15) is 48.8 Å². The van der Waals surface area contributed by atoms with Gasteiger partial charge in [0.1, 0.15) is 6.10 Å². The van der Waals surface area contributed by atoms with E-state index >= 15 is 0 Å². The number of hydrogen-bond donors (Lipinski definition) is 2. The van der Waals surface area contributed by atoms with Crippen molar-refractivity contribution in [1.29, 1.82) is 0 Å². The van der Waals surface area contributed by atoms with Gasteiger partial charge in [-0.25, -0.2) is 0 Å². The smallest absolute Gasteiger partial charge is 0.311 e. The first-order chi connectivity index (χ1) is 10.2. The largest absolute Gasteiger partial charge is 0.481 e. The van der Waals surface area contributed by atoms with Gasteiger partial charge in [-0.2, -0.15) is 0 Å². The van der Waals surface area contributed by atoms with E-state index in [0.717, 1.165) is 30.4 Å². The molecular formula is C16H19NO4. The molecule has 3 atom stereocenters. The summed E-state index contributed by atoms with van der Waals surface area (Å²) in [4.78, 5) is 23.6. The molecule has 1 saturated heterocycles. The van der Waals surface area contributed by atoms with E-state index < -0.39 is 18.0 Å². The second kappa shape index (κ2) is 5.85. The Bertz CT molecular complexity index is 551. The van der Waals surface area contributed by atoms with E-state index in [2.05, 4.69) is 5.32 Å². The molecule has 1 aromatic carbocycles. The Kier molecular flexibility index (Phi) is 3.92. The van der Waals surface area contributed by atoms with Crippen LogP contribution in [0.2, 0.25) is 0 Å². The molecule has 0 bridgehead atoms. The van der Waals surface area contributed by atoms with Gasteiger partial charge in [-0.15, -0.1) is 0 Å². The maximum absolute atomic E-state index is 12.3. The highest BCUT2D eigenvalue weighted by atomic mass is 16.5. The van der Waals surface area contributed by atoms with Crippen LogP contribution in [0.3, 0.4) is 0 Å². The quantitative estimate of drug-likeness (QED) is 0.892. The molecule has 1 amide bonds. The molecule has 1 aliphatic carbocycles. The van der Waals surface area contributed by atoms with Crippen LogP contribution in [-0.4, -0.2) is 29.7 Å². The van der Waals surface area contributed by atoms with E-state index in [9.17, 15) is 14.7 Å². The van der Waals surface area contributed by atoms with Crippen LogP contribution < -0.4 is 5.32 Å². The van der Waals surface area contributed by atoms with Crippen molar-refractivity contribution in [1.82, 2.24) is 5.32 Å². The molecule has 0 radical (unpaired) electrons. The third kappa shape index (κ3) is 2.78. The Morgan fingerprint density at radius 3 is 2.62 bits per heavy atom. The number of carbonyl (C=O) groups excluding carboxylic acids is 1. The molecule has 3 unspecified atom stereocenters. The molecule has 1 aliphatic heterocycles. The molecule has 3 rings (SSSR count). The summed E-state index contributed by atoms with van der Waals surface area (Å²) in [5, 5.41) is 12.3. The van der Waals surface area contributed by atoms with E-state index in [1.54, 1.807) is 0 Å². The molecule has 0 saturated carbocycles. The summed E-state index contributed by atoms with van der Waals surface area (Å²) in [6.45, 7) is 0.622. The van der Waals surface area contributed by atoms with Crippen molar-refractivity contribution in [3.8, 4) is 0 Å². The lowest BCUT2D eigenvalue weighted by Gasteiger charge is -2.24. The summed E-state index contributed by atoms with van der Waals surface area (Å²) >= 11 is 0. The Hall–Kier alpha value is -1.88. The number of carbonyl (C=O) groups is 2. The van der Waals surface area contributed by atoms with Crippen LogP contribution in [0, 0.1) is 0 Å². The van der Waals surface area contributed by atoms with Crippen molar-refractivity contribution in [2.45, 2.75) is 43.7 Å². The Morgan fingerprint density at radius 2 is 1.95 bits per heavy atom. The van der Waals surface area contributed by atoms with E-state index in [0.29, 0.717) is 13.0 Å². The zero-order valence-corrected chi connectivity index (χ0v) is 11.7. The summed E-state index contributed by atoms with van der Waals surface area (Å²) in [6, 6.07) is 7.20. The number of rotatable bonds is 3. The van der Waals surface area contributed by atoms with E-state index in [1.165, 1.54) is 0 Å². The van der Waals surface area contributed by atoms with Crippen LogP contribution in [-0.2, 0) is 14.3 Å². The average molecular weight is 289 g/mol. The molecule has 5 heteroatoms. The lowest BCUT2D eigenvalue weighted by atomic mass is 10.0. The number of hydrogen-bond acceptors (Lipinski definition) is 3. The van der Waals surface area contributed by atoms with Gasteiger partial charge < -0.3 is 15.2 Å². The Labute approximate surface area is 123 Å². The molecular weight excluding hydrogens is 270 g/mol. The van der Waals surface area contributed by atoms with Crippen molar-refractivity contribution >= 4 is 11.9 Å². The number of benzene rings is 1. The maximum atomic E-state index is 12.3. The standard InChI is InChI=1S/C16H19NO4/c18-15(14-7-3-4-8-21-14)17-13-9-12(16(19)20)10-5-1-2-6-11(10)13/h1-2,5-6,12-14H,3-4,7-9H2,(H,17,18)(H,19,20). The monoisotopic (exact) mass is 289 g/mol. The minimum atomic E-state index is -0.840. The van der Waals surface area contributed by atoms with Crippen LogP contribution in [0.15, 0.2) is 24.3 Å². The topological polar surface area (TPSA) is 75.6 Å². The summed E-state index contributed by atoms with van der Waals surface area (Å²) in [7, 11) is 0. The number of fused-ring (bicyclic) bond motifs is 1. The van der Waals surface area contributed by atoms with Crippen molar-refractivity contribution in [2.75, 3.05) is 6.61 Å². The number of carboxylic acid groups (broad SMARTS) is 1. The van der Waals surface area contributed by atoms with E-state index in [1.807, 2.05) is 24.3 Å². The number of carboxylic acids is 1. The van der Waals surface area contributed by atoms with Crippen LogP contribution in [0.5, 0.6) is 0 Å². The van der Waals surface area contributed by atoms with Crippen LogP contribution in [0.4, 0.5) is 0 Å². The van der Waals surface area contributed by atoms with Crippen molar-refractivity contribution in [3.63, 3.8) is 0 Å². The highest BCUT2D eigenvalue weighted by molar-refractivity contribution is 5.83. The van der Waals surface area contributed by atoms with Gasteiger partial charge in [0, 0.05) is 6.61 Å². The van der Waals surface area contributed by atoms with Gasteiger partial charge in [0.25, 0.3) is 0 Å². The maximum Gasteiger partial charge on any atom is 0.311 e. The third-order valence-corrected chi connectivity index (χ3v) is 4.30. The van der Waals surface area contributed by atoms with Crippen molar-refractivity contribution in [2.24, 2.45) is 0 Å². The summed E-state index contributed by atoms with van der Waals surface area (Å²) in [6.07, 6.45) is 2.75. The number of nitrogens with one attached hydrogen (secondary N) is 1. The van der Waals surface area contributed by atoms with Crippen LogP contribution in [0.25, 0.3) is 0 Å². The number of ether oxygens (including phenoxy) is 1. The SMILES string of the molecule is O=C(NC1CC(C(=O)O)c2ccccc21)C1CCCCO1. The summed E-state index contributed by atoms with van der Waals surface area (Å²) < 4.78 is 5.48. The normalized spacial score (nSPS) is 27.9. The first-order valence-electron chi connectivity index (χ1n) is 7.40. The molecule has 2 N–H and O–H groups in total. The summed E-state index contributed by atoms with van der Waals surface area (Å²) in [5.41, 5.74) is 1.72. The van der Waals surface area contributed by atoms with Crippen molar-refractivity contribution in [3.05, 3.63) is 35.4 Å². The molecule has 1 heterocycles. The zero-order chi connectivity index (χ0) is 14.8. The van der Waals surface area contributed by atoms with Gasteiger partial charge in [0.2, 0.25) is 5.91 Å². The van der Waals surface area contributed by atoms with Gasteiger partial charge in [-0.05, 0) is 36.8 Å². The van der Waals surface area contributed by atoms with Gasteiger partial charge in [-0.1, -0.05) is 24.3 Å². The molecule has 1 fully saturated rings. The molecule has 112 valence electrons. The number of amides is 1. The molecule has 1 aromatic rings. The van der Waals surface area contributed by atoms with Crippen molar-refractivity contribution < 1.29 is 19.4 Å². The third-order valence-electron chi connectivity index (χ3n) is 4.30. The molecule has 21 heavy (non-hydrogen) atoms. The van der Waals surface area contributed by atoms with E-state index in [-0.39, 0.29) is 11.9 Å². The Balaban J connectivity index is 1.74. The fourth-order valence-electron chi connectivity index (χ4n) is 3.22. The first kappa shape index (κ1) is 14.1. The minimum Gasteiger partial charge on any atom is -0.481 e. The molecule has 0 spiro atoms. The highest BCUT2D eigenvalue weighted by Crippen LogP contribution is 2.40. The fourth-order valence-corrected chi connectivity index (χ4v) is 3.22. The summed E-state index contributed by atoms with van der Waals surface area (Å²) in [5.74, 6) is -1.51. The lowest BCUT2D eigenvalue weighted by Crippen LogP contribution is -2.39. The second-order valence-corrected chi connectivity index (χ2v) is 5.67. The second-order valence-electron chi connectivity index (χ2n) is 5.67. The van der Waals surface area contributed by atoms with Gasteiger partial charge in [0.05, 0.1) is 12.0 Å².